The van der Waals surface area contributed by atoms with Crippen molar-refractivity contribution in [2.45, 2.75) is 62.1 Å². The van der Waals surface area contributed by atoms with Crippen LogP contribution in [0, 0.1) is 0 Å². The summed E-state index contributed by atoms with van der Waals surface area (Å²) in [6, 6.07) is 10.3. The first-order valence-corrected chi connectivity index (χ1v) is 7.83. The van der Waals surface area contributed by atoms with Gasteiger partial charge in [-0.05, 0) is 32.9 Å². The molecule has 4 heteroatoms. The van der Waals surface area contributed by atoms with Gasteiger partial charge in [0.05, 0.1) is 11.7 Å². The minimum absolute atomic E-state index is 0.0680. The summed E-state index contributed by atoms with van der Waals surface area (Å²) in [6.45, 7) is 7.63. The number of hydrogen-bond donors (Lipinski definition) is 0. The van der Waals surface area contributed by atoms with Crippen molar-refractivity contribution in [3.63, 3.8) is 0 Å². The van der Waals surface area contributed by atoms with Crippen molar-refractivity contribution >= 4 is 17.7 Å². The van der Waals surface area contributed by atoms with Gasteiger partial charge in [0.25, 0.3) is 0 Å². The number of benzene rings is 1. The van der Waals surface area contributed by atoms with Crippen LogP contribution in [0.4, 0.5) is 0 Å². The second kappa shape index (κ2) is 6.19. The first kappa shape index (κ1) is 15.4. The molecule has 20 heavy (non-hydrogen) atoms. The van der Waals surface area contributed by atoms with Crippen LogP contribution in [-0.2, 0) is 14.3 Å². The third-order valence-corrected chi connectivity index (χ3v) is 5.16. The van der Waals surface area contributed by atoms with Crippen LogP contribution in [0.5, 0.6) is 0 Å². The highest BCUT2D eigenvalue weighted by atomic mass is 32.2. The van der Waals surface area contributed by atoms with Gasteiger partial charge in [0.2, 0.25) is 0 Å². The Labute approximate surface area is 125 Å². The fourth-order valence-electron chi connectivity index (χ4n) is 2.53. The highest BCUT2D eigenvalue weighted by molar-refractivity contribution is 8.00. The predicted octanol–water partition coefficient (Wildman–Crippen LogP) is 3.67. The monoisotopic (exact) mass is 294 g/mol. The Morgan fingerprint density at radius 3 is 2.60 bits per heavy atom. The zero-order valence-electron chi connectivity index (χ0n) is 12.5. The maximum absolute atomic E-state index is 11.2. The van der Waals surface area contributed by atoms with Gasteiger partial charge >= 0.3 is 5.97 Å². The molecule has 0 bridgehead atoms. The van der Waals surface area contributed by atoms with Gasteiger partial charge in [-0.15, -0.1) is 11.8 Å². The second-order valence-corrected chi connectivity index (χ2v) is 7.01. The van der Waals surface area contributed by atoms with Gasteiger partial charge in [-0.2, -0.15) is 0 Å². The van der Waals surface area contributed by atoms with E-state index in [9.17, 15) is 4.79 Å². The van der Waals surface area contributed by atoms with Gasteiger partial charge in [-0.3, -0.25) is 4.79 Å². The maximum atomic E-state index is 11.2. The predicted molar refractivity (Wildman–Crippen MR) is 80.9 cm³/mol. The van der Waals surface area contributed by atoms with Crippen LogP contribution in [0.3, 0.4) is 0 Å². The van der Waals surface area contributed by atoms with Gasteiger partial charge in [0.1, 0.15) is 6.10 Å². The van der Waals surface area contributed by atoms with E-state index >= 15 is 0 Å². The van der Waals surface area contributed by atoms with E-state index in [2.05, 4.69) is 26.0 Å². The molecule has 1 fully saturated rings. The number of rotatable bonds is 3. The Bertz CT molecular complexity index is 458. The Morgan fingerprint density at radius 2 is 2.00 bits per heavy atom. The van der Waals surface area contributed by atoms with Crippen LogP contribution in [0.1, 0.15) is 34.1 Å². The molecule has 0 aromatic heterocycles. The number of carbonyl (C=O) groups excluding carboxylic acids is 1. The van der Waals surface area contributed by atoms with Crippen molar-refractivity contribution in [1.82, 2.24) is 0 Å². The fraction of sp³-hybridized carbons (Fsp3) is 0.562. The number of esters is 1. The summed E-state index contributed by atoms with van der Waals surface area (Å²) in [7, 11) is 0. The minimum atomic E-state index is -0.242. The molecule has 0 unspecified atom stereocenters. The van der Waals surface area contributed by atoms with Crippen LogP contribution in [0.2, 0.25) is 0 Å². The van der Waals surface area contributed by atoms with E-state index in [0.29, 0.717) is 0 Å². The summed E-state index contributed by atoms with van der Waals surface area (Å²) in [6.07, 6.45) is 0.580. The molecule has 110 valence electrons. The molecule has 0 aliphatic carbocycles. The zero-order valence-corrected chi connectivity index (χ0v) is 13.3. The van der Waals surface area contributed by atoms with Crippen molar-refractivity contribution in [2.24, 2.45) is 0 Å². The summed E-state index contributed by atoms with van der Waals surface area (Å²) in [5.74, 6) is -0.242. The molecule has 3 nitrogen and oxygen atoms in total. The van der Waals surface area contributed by atoms with Gasteiger partial charge in [-0.1, -0.05) is 18.2 Å². The molecule has 0 spiro atoms. The number of thioether (sulfide) groups is 1. The van der Waals surface area contributed by atoms with E-state index in [-0.39, 0.29) is 29.0 Å². The SMILES string of the molecule is CC(=O)O[C@@H]1C[C@@H](Sc2ccccc2)C(C)(C)O[C@@H]1C. The van der Waals surface area contributed by atoms with Crippen LogP contribution in [0.15, 0.2) is 35.2 Å². The van der Waals surface area contributed by atoms with E-state index in [1.54, 1.807) is 11.8 Å². The Kier molecular flexibility index (Phi) is 4.76. The van der Waals surface area contributed by atoms with Crippen LogP contribution < -0.4 is 0 Å². The van der Waals surface area contributed by atoms with E-state index in [4.69, 9.17) is 9.47 Å². The molecule has 0 radical (unpaired) electrons. The smallest absolute Gasteiger partial charge is 0.302 e. The van der Waals surface area contributed by atoms with Gasteiger partial charge in [0, 0.05) is 23.5 Å². The van der Waals surface area contributed by atoms with Gasteiger partial charge < -0.3 is 9.47 Å². The quantitative estimate of drug-likeness (QED) is 0.797. The topological polar surface area (TPSA) is 35.5 Å². The van der Waals surface area contributed by atoms with Gasteiger partial charge in [0.15, 0.2) is 0 Å². The lowest BCUT2D eigenvalue weighted by Crippen LogP contribution is -2.51. The molecule has 0 amide bonds. The normalized spacial score (nSPS) is 28.9. The second-order valence-electron chi connectivity index (χ2n) is 5.73. The Morgan fingerprint density at radius 1 is 1.35 bits per heavy atom. The van der Waals surface area contributed by atoms with Crippen molar-refractivity contribution in [3.8, 4) is 0 Å². The van der Waals surface area contributed by atoms with Crippen LogP contribution in [-0.4, -0.2) is 29.0 Å². The molecule has 1 saturated heterocycles. The Balaban J connectivity index is 2.10. The molecule has 3 atom stereocenters. The first-order valence-electron chi connectivity index (χ1n) is 6.95. The third-order valence-electron chi connectivity index (χ3n) is 3.57. The lowest BCUT2D eigenvalue weighted by Gasteiger charge is -2.44. The number of ether oxygens (including phenoxy) is 2. The van der Waals surface area contributed by atoms with E-state index in [1.807, 2.05) is 25.1 Å². The maximum Gasteiger partial charge on any atom is 0.302 e. The van der Waals surface area contributed by atoms with Crippen molar-refractivity contribution in [1.29, 1.82) is 0 Å². The zero-order chi connectivity index (χ0) is 14.8. The van der Waals surface area contributed by atoms with Gasteiger partial charge in [-0.25, -0.2) is 0 Å². The summed E-state index contributed by atoms with van der Waals surface area (Å²) in [5, 5.41) is 0.255. The minimum Gasteiger partial charge on any atom is -0.460 e. The lowest BCUT2D eigenvalue weighted by molar-refractivity contribution is -0.179. The molecule has 1 aromatic carbocycles. The lowest BCUT2D eigenvalue weighted by atomic mass is 9.93. The Hall–Kier alpha value is -1.00. The molecular weight excluding hydrogens is 272 g/mol. The fourth-order valence-corrected chi connectivity index (χ4v) is 3.80. The summed E-state index contributed by atoms with van der Waals surface area (Å²) < 4.78 is 11.5. The average molecular weight is 294 g/mol. The van der Waals surface area contributed by atoms with Crippen molar-refractivity contribution in [3.05, 3.63) is 30.3 Å². The largest absolute Gasteiger partial charge is 0.460 e. The summed E-state index contributed by atoms with van der Waals surface area (Å²) in [5.41, 5.74) is -0.240. The number of hydrogen-bond acceptors (Lipinski definition) is 4. The average Bonchev–Trinajstić information content (AvgIpc) is 2.35. The van der Waals surface area contributed by atoms with E-state index in [0.717, 1.165) is 6.42 Å². The standard InChI is InChI=1S/C16H22O3S/c1-11-14(18-12(2)17)10-15(16(3,4)19-11)20-13-8-6-5-7-9-13/h5-9,11,14-15H,10H2,1-4H3/t11-,14-,15-/m1/s1. The van der Waals surface area contributed by atoms with Crippen molar-refractivity contribution < 1.29 is 14.3 Å². The summed E-state index contributed by atoms with van der Waals surface area (Å²) in [4.78, 5) is 12.4. The van der Waals surface area contributed by atoms with Crippen LogP contribution in [0.25, 0.3) is 0 Å². The molecule has 0 N–H and O–H groups in total. The molecule has 1 aromatic rings. The molecule has 1 aliphatic rings. The number of carbonyl (C=O) groups is 1. The molecule has 1 heterocycles. The first-order chi connectivity index (χ1) is 9.38. The molecule has 2 rings (SSSR count). The molecular formula is C16H22O3S. The van der Waals surface area contributed by atoms with E-state index in [1.165, 1.54) is 11.8 Å². The third kappa shape index (κ3) is 3.76. The molecule has 0 saturated carbocycles. The van der Waals surface area contributed by atoms with Crippen molar-refractivity contribution in [2.75, 3.05) is 0 Å². The van der Waals surface area contributed by atoms with E-state index < -0.39 is 0 Å². The highest BCUT2D eigenvalue weighted by Crippen LogP contribution is 2.40. The molecule has 1 aliphatic heterocycles. The highest BCUT2D eigenvalue weighted by Gasteiger charge is 2.43. The summed E-state index contributed by atoms with van der Waals surface area (Å²) >= 11 is 1.79. The van der Waals surface area contributed by atoms with Crippen LogP contribution >= 0.6 is 11.8 Å².